The molecule has 0 aromatic heterocycles. The third-order valence-corrected chi connectivity index (χ3v) is 3.68. The van der Waals surface area contributed by atoms with Gasteiger partial charge >= 0.3 is 5.97 Å². The first kappa shape index (κ1) is 19.8. The number of para-hydroxylation sites is 1. The van der Waals surface area contributed by atoms with Crippen molar-refractivity contribution in [1.82, 2.24) is 0 Å². The highest BCUT2D eigenvalue weighted by Gasteiger charge is 2.18. The third kappa shape index (κ3) is 6.04. The molecule has 7 heteroatoms. The number of nitriles is 1. The molecule has 0 unspecified atom stereocenters. The minimum absolute atomic E-state index is 0.112. The Bertz CT molecular complexity index is 845. The molecule has 2 aromatic carbocycles. The zero-order valence-electron chi connectivity index (χ0n) is 14.4. The van der Waals surface area contributed by atoms with Gasteiger partial charge in [0, 0.05) is 17.7 Å². The summed E-state index contributed by atoms with van der Waals surface area (Å²) in [4.78, 5) is 37.1. The van der Waals surface area contributed by atoms with E-state index in [1.165, 1.54) is 17.0 Å². The van der Waals surface area contributed by atoms with Crippen LogP contribution in [-0.2, 0) is 14.3 Å². The summed E-state index contributed by atoms with van der Waals surface area (Å²) in [5.41, 5.74) is 0.816. The molecule has 0 aliphatic carbocycles. The summed E-state index contributed by atoms with van der Waals surface area (Å²) in [5, 5.41) is 8.88. The zero-order valence-corrected chi connectivity index (χ0v) is 14.4. The summed E-state index contributed by atoms with van der Waals surface area (Å²) in [6.07, 6.45) is -0.313. The highest BCUT2D eigenvalue weighted by atomic mass is 19.1. The van der Waals surface area contributed by atoms with Crippen LogP contribution in [0.1, 0.15) is 23.2 Å². The number of carbonyl (C=O) groups excluding carboxylic acids is 3. The molecule has 0 fully saturated rings. The number of ether oxygens (including phenoxy) is 1. The molecular formula is C20H17FN2O4. The summed E-state index contributed by atoms with van der Waals surface area (Å²) >= 11 is 0. The maximum absolute atomic E-state index is 12.8. The highest BCUT2D eigenvalue weighted by molar-refractivity contribution is 5.98. The van der Waals surface area contributed by atoms with E-state index in [4.69, 9.17) is 10.00 Å². The second kappa shape index (κ2) is 9.82. The van der Waals surface area contributed by atoms with Gasteiger partial charge in [-0.25, -0.2) is 4.39 Å². The molecular weight excluding hydrogens is 351 g/mol. The molecule has 0 radical (unpaired) electrons. The summed E-state index contributed by atoms with van der Waals surface area (Å²) in [6, 6.07) is 15.4. The van der Waals surface area contributed by atoms with Crippen molar-refractivity contribution in [3.05, 3.63) is 66.0 Å². The van der Waals surface area contributed by atoms with Crippen molar-refractivity contribution >= 4 is 23.3 Å². The van der Waals surface area contributed by atoms with Gasteiger partial charge in [0.1, 0.15) is 12.4 Å². The molecule has 0 heterocycles. The van der Waals surface area contributed by atoms with E-state index in [9.17, 15) is 18.8 Å². The minimum atomic E-state index is -0.705. The number of esters is 1. The monoisotopic (exact) mass is 368 g/mol. The minimum Gasteiger partial charge on any atom is -0.456 e. The van der Waals surface area contributed by atoms with Crippen molar-refractivity contribution < 1.29 is 23.5 Å². The summed E-state index contributed by atoms with van der Waals surface area (Å²) in [5.74, 6) is -2.02. The molecule has 138 valence electrons. The van der Waals surface area contributed by atoms with Crippen LogP contribution in [-0.4, -0.2) is 30.8 Å². The predicted molar refractivity (Wildman–Crippen MR) is 95.3 cm³/mol. The van der Waals surface area contributed by atoms with E-state index in [1.807, 2.05) is 6.07 Å². The molecule has 0 saturated carbocycles. The first-order valence-corrected chi connectivity index (χ1v) is 8.18. The van der Waals surface area contributed by atoms with Crippen molar-refractivity contribution in [3.63, 3.8) is 0 Å². The smallest absolute Gasteiger partial charge is 0.306 e. The Morgan fingerprint density at radius 1 is 1.00 bits per heavy atom. The van der Waals surface area contributed by atoms with Crippen molar-refractivity contribution in [1.29, 1.82) is 5.26 Å². The molecule has 0 aliphatic rings. The van der Waals surface area contributed by atoms with Gasteiger partial charge in [-0.05, 0) is 36.4 Å². The number of halogens is 1. The Hall–Kier alpha value is -3.53. The van der Waals surface area contributed by atoms with Gasteiger partial charge in [0.2, 0.25) is 0 Å². The molecule has 27 heavy (non-hydrogen) atoms. The Morgan fingerprint density at radius 3 is 2.30 bits per heavy atom. The van der Waals surface area contributed by atoms with E-state index in [1.54, 1.807) is 30.3 Å². The molecule has 0 spiro atoms. The summed E-state index contributed by atoms with van der Waals surface area (Å²) in [6.45, 7) is -0.705. The highest BCUT2D eigenvalue weighted by Crippen LogP contribution is 2.13. The average molecular weight is 368 g/mol. The first-order valence-electron chi connectivity index (χ1n) is 8.18. The number of hydrogen-bond donors (Lipinski definition) is 0. The van der Waals surface area contributed by atoms with Gasteiger partial charge in [-0.3, -0.25) is 19.3 Å². The van der Waals surface area contributed by atoms with E-state index in [-0.39, 0.29) is 25.2 Å². The van der Waals surface area contributed by atoms with Crippen molar-refractivity contribution in [2.75, 3.05) is 18.1 Å². The second-order valence-electron chi connectivity index (χ2n) is 5.56. The van der Waals surface area contributed by atoms with E-state index < -0.39 is 24.3 Å². The molecule has 2 rings (SSSR count). The van der Waals surface area contributed by atoms with Crippen LogP contribution in [0.15, 0.2) is 54.6 Å². The molecule has 0 aliphatic heterocycles. The van der Waals surface area contributed by atoms with E-state index in [0.717, 1.165) is 12.1 Å². The van der Waals surface area contributed by atoms with Gasteiger partial charge in [0.15, 0.2) is 12.4 Å². The first-order chi connectivity index (χ1) is 13.0. The number of benzene rings is 2. The standard InChI is InChI=1S/C20H17FN2O4/c21-16-8-6-15(7-9-16)18(24)10-11-20(26)27-14-19(25)23(13-12-22)17-4-2-1-3-5-17/h1-9H,10-11,13-14H2. The van der Waals surface area contributed by atoms with Gasteiger partial charge in [-0.15, -0.1) is 0 Å². The van der Waals surface area contributed by atoms with Crippen LogP contribution < -0.4 is 4.90 Å². The Morgan fingerprint density at radius 2 is 1.67 bits per heavy atom. The molecule has 0 bridgehead atoms. The number of nitrogens with zero attached hydrogens (tertiary/aromatic N) is 2. The van der Waals surface area contributed by atoms with Gasteiger partial charge < -0.3 is 4.74 Å². The molecule has 0 atom stereocenters. The van der Waals surface area contributed by atoms with Crippen molar-refractivity contribution in [3.8, 4) is 6.07 Å². The number of amides is 1. The van der Waals surface area contributed by atoms with Crippen LogP contribution in [0.3, 0.4) is 0 Å². The van der Waals surface area contributed by atoms with Gasteiger partial charge in [-0.1, -0.05) is 18.2 Å². The normalized spacial score (nSPS) is 9.93. The van der Waals surface area contributed by atoms with Crippen molar-refractivity contribution in [2.45, 2.75) is 12.8 Å². The lowest BCUT2D eigenvalue weighted by molar-refractivity contribution is -0.147. The topological polar surface area (TPSA) is 87.5 Å². The number of Topliss-reactive ketones (excluding diaryl/α,β-unsaturated/α-hetero) is 1. The lowest BCUT2D eigenvalue weighted by Crippen LogP contribution is -2.35. The Kier molecular flexibility index (Phi) is 7.20. The van der Waals surface area contributed by atoms with E-state index in [2.05, 4.69) is 0 Å². The Labute approximate surface area is 155 Å². The number of carbonyl (C=O) groups is 3. The van der Waals surface area contributed by atoms with Crippen LogP contribution in [0.5, 0.6) is 0 Å². The van der Waals surface area contributed by atoms with Crippen LogP contribution >= 0.6 is 0 Å². The van der Waals surface area contributed by atoms with Crippen LogP contribution in [0, 0.1) is 17.1 Å². The maximum Gasteiger partial charge on any atom is 0.306 e. The number of ketones is 1. The number of hydrogen-bond acceptors (Lipinski definition) is 5. The van der Waals surface area contributed by atoms with E-state index in [0.29, 0.717) is 11.3 Å². The van der Waals surface area contributed by atoms with Crippen LogP contribution in [0.25, 0.3) is 0 Å². The van der Waals surface area contributed by atoms with Crippen LogP contribution in [0.2, 0.25) is 0 Å². The zero-order chi connectivity index (χ0) is 19.6. The SMILES string of the molecule is N#CCN(C(=O)COC(=O)CCC(=O)c1ccc(F)cc1)c1ccccc1. The van der Waals surface area contributed by atoms with Crippen molar-refractivity contribution in [2.24, 2.45) is 0 Å². The molecule has 0 N–H and O–H groups in total. The average Bonchev–Trinajstić information content (AvgIpc) is 2.69. The summed E-state index contributed by atoms with van der Waals surface area (Å²) in [7, 11) is 0. The maximum atomic E-state index is 12.8. The quantitative estimate of drug-likeness (QED) is 0.406. The summed E-state index contributed by atoms with van der Waals surface area (Å²) < 4.78 is 17.7. The van der Waals surface area contributed by atoms with Crippen LogP contribution in [0.4, 0.5) is 10.1 Å². The fourth-order valence-corrected chi connectivity index (χ4v) is 2.29. The fraction of sp³-hybridized carbons (Fsp3) is 0.200. The fourth-order valence-electron chi connectivity index (χ4n) is 2.29. The molecule has 0 saturated heterocycles. The molecule has 2 aromatic rings. The molecule has 1 amide bonds. The van der Waals surface area contributed by atoms with E-state index >= 15 is 0 Å². The predicted octanol–water partition coefficient (Wildman–Crippen LogP) is 2.89. The lowest BCUT2D eigenvalue weighted by atomic mass is 10.1. The largest absolute Gasteiger partial charge is 0.456 e. The number of anilines is 1. The number of rotatable bonds is 8. The Balaban J connectivity index is 1.83. The van der Waals surface area contributed by atoms with Gasteiger partial charge in [0.25, 0.3) is 5.91 Å². The third-order valence-electron chi connectivity index (χ3n) is 3.68. The lowest BCUT2D eigenvalue weighted by Gasteiger charge is -2.19. The van der Waals surface area contributed by atoms with Gasteiger partial charge in [0.05, 0.1) is 12.5 Å². The second-order valence-corrected chi connectivity index (χ2v) is 5.56. The molecule has 6 nitrogen and oxygen atoms in total. The van der Waals surface area contributed by atoms with Gasteiger partial charge in [-0.2, -0.15) is 5.26 Å².